The smallest absolute Gasteiger partial charge is 0.287 e. The Kier molecular flexibility index (Phi) is 6.10. The van der Waals surface area contributed by atoms with Crippen LogP contribution in [0, 0.1) is 0 Å². The molecule has 0 fully saturated rings. The van der Waals surface area contributed by atoms with Gasteiger partial charge in [-0.25, -0.2) is 0 Å². The van der Waals surface area contributed by atoms with Crippen molar-refractivity contribution in [2.24, 2.45) is 0 Å². The Morgan fingerprint density at radius 3 is 2.93 bits per heavy atom. The van der Waals surface area contributed by atoms with Gasteiger partial charge >= 0.3 is 0 Å². The fourth-order valence-electron chi connectivity index (χ4n) is 2.63. The molecule has 27 heavy (non-hydrogen) atoms. The van der Waals surface area contributed by atoms with Crippen molar-refractivity contribution < 1.29 is 13.9 Å². The van der Waals surface area contributed by atoms with Crippen LogP contribution >= 0.6 is 0 Å². The number of rotatable bonds is 9. The lowest BCUT2D eigenvalue weighted by molar-refractivity contribution is 0.0918. The van der Waals surface area contributed by atoms with Gasteiger partial charge in [0.25, 0.3) is 5.91 Å². The SMILES string of the molecule is C=CCc1ccccc1OCc1ccc(C(=O)NCc2ccn(CC)n2)o1. The summed E-state index contributed by atoms with van der Waals surface area (Å²) in [5.41, 5.74) is 1.86. The summed E-state index contributed by atoms with van der Waals surface area (Å²) < 4.78 is 13.2. The first-order valence-electron chi connectivity index (χ1n) is 8.90. The zero-order chi connectivity index (χ0) is 19.1. The number of aromatic nitrogens is 2. The van der Waals surface area contributed by atoms with E-state index in [9.17, 15) is 4.79 Å². The van der Waals surface area contributed by atoms with E-state index < -0.39 is 0 Å². The molecule has 0 saturated carbocycles. The molecule has 1 amide bonds. The number of furan rings is 1. The molecule has 0 atom stereocenters. The van der Waals surface area contributed by atoms with Crippen LogP contribution in [-0.2, 0) is 26.1 Å². The van der Waals surface area contributed by atoms with Gasteiger partial charge in [-0.3, -0.25) is 9.48 Å². The first kappa shape index (κ1) is 18.5. The topological polar surface area (TPSA) is 69.3 Å². The van der Waals surface area contributed by atoms with Crippen molar-refractivity contribution in [3.8, 4) is 5.75 Å². The molecule has 0 unspecified atom stereocenters. The van der Waals surface area contributed by atoms with Crippen LogP contribution in [0.4, 0.5) is 0 Å². The number of allylic oxidation sites excluding steroid dienone is 1. The van der Waals surface area contributed by atoms with E-state index >= 15 is 0 Å². The zero-order valence-corrected chi connectivity index (χ0v) is 15.4. The highest BCUT2D eigenvalue weighted by Crippen LogP contribution is 2.20. The Hall–Kier alpha value is -3.28. The third-order valence-corrected chi connectivity index (χ3v) is 4.04. The second-order valence-electron chi connectivity index (χ2n) is 6.00. The number of hydrogen-bond donors (Lipinski definition) is 1. The van der Waals surface area contributed by atoms with Crippen LogP contribution < -0.4 is 10.1 Å². The van der Waals surface area contributed by atoms with Gasteiger partial charge in [-0.05, 0) is 43.2 Å². The molecule has 6 heteroatoms. The van der Waals surface area contributed by atoms with Crippen LogP contribution in [0.25, 0.3) is 0 Å². The first-order chi connectivity index (χ1) is 13.2. The normalized spacial score (nSPS) is 10.6. The molecule has 0 aliphatic heterocycles. The van der Waals surface area contributed by atoms with Crippen molar-refractivity contribution in [2.45, 2.75) is 33.0 Å². The lowest BCUT2D eigenvalue weighted by Gasteiger charge is -2.08. The van der Waals surface area contributed by atoms with E-state index in [0.717, 1.165) is 30.0 Å². The molecule has 0 aliphatic carbocycles. The van der Waals surface area contributed by atoms with Gasteiger partial charge in [-0.15, -0.1) is 6.58 Å². The zero-order valence-electron chi connectivity index (χ0n) is 15.4. The second kappa shape index (κ2) is 8.89. The van der Waals surface area contributed by atoms with E-state index in [1.807, 2.05) is 54.2 Å². The number of amides is 1. The lowest BCUT2D eigenvalue weighted by atomic mass is 10.1. The average Bonchev–Trinajstić information content (AvgIpc) is 3.35. The number of carbonyl (C=O) groups excluding carboxylic acids is 1. The van der Waals surface area contributed by atoms with Gasteiger partial charge in [0.05, 0.1) is 12.2 Å². The molecule has 0 aliphatic rings. The number of nitrogens with zero attached hydrogens (tertiary/aromatic N) is 2. The van der Waals surface area contributed by atoms with Gasteiger partial charge in [0.1, 0.15) is 18.1 Å². The third-order valence-electron chi connectivity index (χ3n) is 4.04. The molecular formula is C21H23N3O3. The maximum atomic E-state index is 12.2. The fraction of sp³-hybridized carbons (Fsp3) is 0.238. The minimum atomic E-state index is -0.278. The van der Waals surface area contributed by atoms with E-state index in [1.54, 1.807) is 12.1 Å². The van der Waals surface area contributed by atoms with E-state index in [0.29, 0.717) is 12.3 Å². The number of hydrogen-bond acceptors (Lipinski definition) is 4. The standard InChI is InChI=1S/C21H23N3O3/c1-3-7-16-8-5-6-9-19(16)26-15-18-10-11-20(27-18)21(25)22-14-17-12-13-24(4-2)23-17/h3,5-6,8-13H,1,4,7,14-15H2,2H3,(H,22,25). The minimum absolute atomic E-state index is 0.252. The molecule has 3 aromatic rings. The number of para-hydroxylation sites is 1. The number of benzene rings is 1. The summed E-state index contributed by atoms with van der Waals surface area (Å²) in [6.45, 7) is 7.17. The van der Waals surface area contributed by atoms with Crippen molar-refractivity contribution in [1.82, 2.24) is 15.1 Å². The molecule has 0 bridgehead atoms. The number of ether oxygens (including phenoxy) is 1. The van der Waals surface area contributed by atoms with Gasteiger partial charge in [-0.1, -0.05) is 24.3 Å². The summed E-state index contributed by atoms with van der Waals surface area (Å²) in [4.78, 5) is 12.2. The van der Waals surface area contributed by atoms with Crippen LogP contribution in [0.1, 0.15) is 34.5 Å². The average molecular weight is 365 g/mol. The highest BCUT2D eigenvalue weighted by molar-refractivity contribution is 5.91. The molecule has 0 saturated heterocycles. The van der Waals surface area contributed by atoms with Gasteiger partial charge in [0.15, 0.2) is 5.76 Å². The molecule has 1 N–H and O–H groups in total. The van der Waals surface area contributed by atoms with Crippen molar-refractivity contribution in [3.05, 3.63) is 84.1 Å². The molecule has 2 heterocycles. The third kappa shape index (κ3) is 4.88. The monoisotopic (exact) mass is 365 g/mol. The van der Waals surface area contributed by atoms with Gasteiger partial charge in [0, 0.05) is 12.7 Å². The predicted octanol–water partition coefficient (Wildman–Crippen LogP) is 3.73. The molecule has 0 radical (unpaired) electrons. The number of carbonyl (C=O) groups is 1. The first-order valence-corrected chi connectivity index (χ1v) is 8.90. The Balaban J connectivity index is 1.54. The Labute approximate surface area is 158 Å². The summed E-state index contributed by atoms with van der Waals surface area (Å²) in [5, 5.41) is 7.14. The highest BCUT2D eigenvalue weighted by atomic mass is 16.5. The van der Waals surface area contributed by atoms with Crippen LogP contribution in [0.15, 0.2) is 65.7 Å². The summed E-state index contributed by atoms with van der Waals surface area (Å²) in [5.74, 6) is 1.34. The van der Waals surface area contributed by atoms with Gasteiger partial charge in [-0.2, -0.15) is 5.10 Å². The summed E-state index contributed by atoms with van der Waals surface area (Å²) in [6, 6.07) is 13.1. The maximum Gasteiger partial charge on any atom is 0.287 e. The molecule has 140 valence electrons. The minimum Gasteiger partial charge on any atom is -0.485 e. The van der Waals surface area contributed by atoms with E-state index in [4.69, 9.17) is 9.15 Å². The van der Waals surface area contributed by atoms with Crippen LogP contribution in [0.3, 0.4) is 0 Å². The van der Waals surface area contributed by atoms with E-state index in [2.05, 4.69) is 17.0 Å². The van der Waals surface area contributed by atoms with Gasteiger partial charge < -0.3 is 14.5 Å². The molecule has 1 aromatic carbocycles. The Morgan fingerprint density at radius 2 is 2.15 bits per heavy atom. The fourth-order valence-corrected chi connectivity index (χ4v) is 2.63. The van der Waals surface area contributed by atoms with E-state index in [1.165, 1.54) is 0 Å². The Morgan fingerprint density at radius 1 is 1.30 bits per heavy atom. The molecule has 2 aromatic heterocycles. The second-order valence-corrected chi connectivity index (χ2v) is 6.00. The predicted molar refractivity (Wildman–Crippen MR) is 102 cm³/mol. The largest absolute Gasteiger partial charge is 0.485 e. The van der Waals surface area contributed by atoms with Crippen LogP contribution in [0.5, 0.6) is 5.75 Å². The lowest BCUT2D eigenvalue weighted by Crippen LogP contribution is -2.22. The van der Waals surface area contributed by atoms with Crippen molar-refractivity contribution in [2.75, 3.05) is 0 Å². The molecule has 6 nitrogen and oxygen atoms in total. The van der Waals surface area contributed by atoms with Gasteiger partial charge in [0.2, 0.25) is 0 Å². The number of nitrogens with one attached hydrogen (secondary N) is 1. The van der Waals surface area contributed by atoms with Crippen molar-refractivity contribution >= 4 is 5.91 Å². The molecule has 0 spiro atoms. The summed E-state index contributed by atoms with van der Waals surface area (Å²) in [7, 11) is 0. The molecule has 3 rings (SSSR count). The summed E-state index contributed by atoms with van der Waals surface area (Å²) in [6.07, 6.45) is 4.45. The number of aryl methyl sites for hydroxylation is 1. The van der Waals surface area contributed by atoms with Crippen molar-refractivity contribution in [1.29, 1.82) is 0 Å². The van der Waals surface area contributed by atoms with Crippen LogP contribution in [0.2, 0.25) is 0 Å². The van der Waals surface area contributed by atoms with Crippen LogP contribution in [-0.4, -0.2) is 15.7 Å². The quantitative estimate of drug-likeness (QED) is 0.587. The maximum absolute atomic E-state index is 12.2. The Bertz CT molecular complexity index is 911. The summed E-state index contributed by atoms with van der Waals surface area (Å²) >= 11 is 0. The van der Waals surface area contributed by atoms with E-state index in [-0.39, 0.29) is 18.3 Å². The molecular weight excluding hydrogens is 342 g/mol. The highest BCUT2D eigenvalue weighted by Gasteiger charge is 2.12. The van der Waals surface area contributed by atoms with Crippen molar-refractivity contribution in [3.63, 3.8) is 0 Å².